The Morgan fingerprint density at radius 2 is 1.84 bits per heavy atom. The summed E-state index contributed by atoms with van der Waals surface area (Å²) in [6.45, 7) is 2.31. The SMILES string of the molecule is COc1ccc(-c2nnc(CNc3cc(C)c(Cl)cc3OC)o2)cc1. The van der Waals surface area contributed by atoms with Gasteiger partial charge in [0.2, 0.25) is 11.8 Å². The minimum Gasteiger partial charge on any atom is -0.497 e. The highest BCUT2D eigenvalue weighted by molar-refractivity contribution is 6.31. The molecule has 0 unspecified atom stereocenters. The average molecular weight is 360 g/mol. The van der Waals surface area contributed by atoms with Crippen LogP contribution < -0.4 is 14.8 Å². The van der Waals surface area contributed by atoms with Crippen molar-refractivity contribution in [2.75, 3.05) is 19.5 Å². The van der Waals surface area contributed by atoms with E-state index in [0.717, 1.165) is 22.6 Å². The van der Waals surface area contributed by atoms with Crippen molar-refractivity contribution in [1.29, 1.82) is 0 Å². The molecule has 0 amide bonds. The zero-order valence-electron chi connectivity index (χ0n) is 14.2. The molecule has 0 radical (unpaired) electrons. The normalized spacial score (nSPS) is 10.6. The van der Waals surface area contributed by atoms with Crippen molar-refractivity contribution in [2.45, 2.75) is 13.5 Å². The molecule has 130 valence electrons. The Bertz CT molecular complexity index is 863. The molecule has 7 heteroatoms. The fourth-order valence-corrected chi connectivity index (χ4v) is 2.47. The van der Waals surface area contributed by atoms with Crippen LogP contribution in [0.5, 0.6) is 11.5 Å². The van der Waals surface area contributed by atoms with Gasteiger partial charge in [-0.15, -0.1) is 10.2 Å². The highest BCUT2D eigenvalue weighted by Gasteiger charge is 2.11. The summed E-state index contributed by atoms with van der Waals surface area (Å²) in [5, 5.41) is 12.0. The summed E-state index contributed by atoms with van der Waals surface area (Å²) in [6.07, 6.45) is 0. The Hall–Kier alpha value is -2.73. The fraction of sp³-hybridized carbons (Fsp3) is 0.222. The monoisotopic (exact) mass is 359 g/mol. The average Bonchev–Trinajstić information content (AvgIpc) is 3.11. The molecule has 0 aliphatic rings. The van der Waals surface area contributed by atoms with Gasteiger partial charge in [0, 0.05) is 16.7 Å². The van der Waals surface area contributed by atoms with Gasteiger partial charge in [-0.1, -0.05) is 11.6 Å². The van der Waals surface area contributed by atoms with E-state index in [-0.39, 0.29) is 0 Å². The van der Waals surface area contributed by atoms with E-state index < -0.39 is 0 Å². The van der Waals surface area contributed by atoms with Gasteiger partial charge >= 0.3 is 0 Å². The minimum absolute atomic E-state index is 0.376. The zero-order valence-corrected chi connectivity index (χ0v) is 14.9. The van der Waals surface area contributed by atoms with E-state index in [1.165, 1.54) is 0 Å². The second kappa shape index (κ2) is 7.44. The number of methoxy groups -OCH3 is 2. The number of nitrogens with one attached hydrogen (secondary N) is 1. The number of hydrogen-bond acceptors (Lipinski definition) is 6. The van der Waals surface area contributed by atoms with Gasteiger partial charge in [0.25, 0.3) is 0 Å². The lowest BCUT2D eigenvalue weighted by atomic mass is 10.2. The molecule has 0 atom stereocenters. The summed E-state index contributed by atoms with van der Waals surface area (Å²) in [5.41, 5.74) is 2.60. The molecular formula is C18H18ClN3O3. The number of halogens is 1. The molecule has 1 N–H and O–H groups in total. The minimum atomic E-state index is 0.376. The van der Waals surface area contributed by atoms with Crippen LogP contribution in [0.2, 0.25) is 5.02 Å². The molecule has 0 fully saturated rings. The van der Waals surface area contributed by atoms with E-state index in [1.807, 2.05) is 37.3 Å². The number of anilines is 1. The first-order valence-corrected chi connectivity index (χ1v) is 8.03. The van der Waals surface area contributed by atoms with Crippen LogP contribution in [0.25, 0.3) is 11.5 Å². The predicted molar refractivity (Wildman–Crippen MR) is 96.4 cm³/mol. The molecule has 0 spiro atoms. The van der Waals surface area contributed by atoms with E-state index in [1.54, 1.807) is 20.3 Å². The van der Waals surface area contributed by atoms with Crippen LogP contribution >= 0.6 is 11.6 Å². The Morgan fingerprint density at radius 1 is 1.08 bits per heavy atom. The second-order valence-corrected chi connectivity index (χ2v) is 5.79. The fourth-order valence-electron chi connectivity index (χ4n) is 2.32. The third kappa shape index (κ3) is 3.85. The second-order valence-electron chi connectivity index (χ2n) is 5.38. The molecule has 0 bridgehead atoms. The maximum Gasteiger partial charge on any atom is 0.247 e. The maximum atomic E-state index is 6.12. The first kappa shape index (κ1) is 17.1. The maximum absolute atomic E-state index is 6.12. The summed E-state index contributed by atoms with van der Waals surface area (Å²) >= 11 is 6.12. The number of nitrogens with zero attached hydrogens (tertiary/aromatic N) is 2. The van der Waals surface area contributed by atoms with Crippen molar-refractivity contribution in [3.8, 4) is 23.0 Å². The molecular weight excluding hydrogens is 342 g/mol. The van der Waals surface area contributed by atoms with Crippen LogP contribution in [-0.2, 0) is 6.54 Å². The van der Waals surface area contributed by atoms with E-state index in [2.05, 4.69) is 15.5 Å². The molecule has 0 aliphatic carbocycles. The number of ether oxygens (including phenoxy) is 2. The van der Waals surface area contributed by atoms with E-state index >= 15 is 0 Å². The number of aryl methyl sites for hydroxylation is 1. The van der Waals surface area contributed by atoms with Crippen LogP contribution in [0.4, 0.5) is 5.69 Å². The molecule has 0 saturated heterocycles. The van der Waals surface area contributed by atoms with E-state index in [0.29, 0.717) is 29.1 Å². The van der Waals surface area contributed by atoms with Gasteiger partial charge in [-0.05, 0) is 42.8 Å². The summed E-state index contributed by atoms with van der Waals surface area (Å²) in [6, 6.07) is 11.1. The lowest BCUT2D eigenvalue weighted by Crippen LogP contribution is -2.02. The first-order chi connectivity index (χ1) is 12.1. The van der Waals surface area contributed by atoms with Crippen molar-refractivity contribution in [2.24, 2.45) is 0 Å². The third-order valence-corrected chi connectivity index (χ3v) is 4.12. The largest absolute Gasteiger partial charge is 0.497 e. The van der Waals surface area contributed by atoms with Gasteiger partial charge in [0.15, 0.2) is 0 Å². The molecule has 3 aromatic rings. The molecule has 6 nitrogen and oxygen atoms in total. The van der Waals surface area contributed by atoms with Crippen LogP contribution in [0.15, 0.2) is 40.8 Å². The van der Waals surface area contributed by atoms with Crippen molar-refractivity contribution in [3.05, 3.63) is 52.9 Å². The van der Waals surface area contributed by atoms with Gasteiger partial charge in [0.1, 0.15) is 11.5 Å². The molecule has 3 rings (SSSR count). The Morgan fingerprint density at radius 3 is 2.52 bits per heavy atom. The zero-order chi connectivity index (χ0) is 17.8. The van der Waals surface area contributed by atoms with Gasteiger partial charge in [-0.25, -0.2) is 0 Å². The highest BCUT2D eigenvalue weighted by atomic mass is 35.5. The summed E-state index contributed by atoms with van der Waals surface area (Å²) in [7, 11) is 3.22. The Labute approximate surface area is 150 Å². The summed E-state index contributed by atoms with van der Waals surface area (Å²) < 4.78 is 16.2. The van der Waals surface area contributed by atoms with Gasteiger partial charge in [0.05, 0.1) is 26.5 Å². The van der Waals surface area contributed by atoms with Crippen molar-refractivity contribution in [1.82, 2.24) is 10.2 Å². The van der Waals surface area contributed by atoms with Crippen LogP contribution in [0, 0.1) is 6.92 Å². The summed E-state index contributed by atoms with van der Waals surface area (Å²) in [5.74, 6) is 2.36. The van der Waals surface area contributed by atoms with Crippen LogP contribution in [0.3, 0.4) is 0 Å². The molecule has 1 heterocycles. The number of aromatic nitrogens is 2. The number of hydrogen-bond donors (Lipinski definition) is 1. The molecule has 0 saturated carbocycles. The lowest BCUT2D eigenvalue weighted by molar-refractivity contribution is 0.415. The van der Waals surface area contributed by atoms with Gasteiger partial charge in [-0.2, -0.15) is 0 Å². The van der Waals surface area contributed by atoms with Gasteiger partial charge < -0.3 is 19.2 Å². The van der Waals surface area contributed by atoms with Crippen molar-refractivity contribution < 1.29 is 13.9 Å². The topological polar surface area (TPSA) is 69.4 Å². The number of benzene rings is 2. The lowest BCUT2D eigenvalue weighted by Gasteiger charge is -2.11. The van der Waals surface area contributed by atoms with E-state index in [4.69, 9.17) is 25.5 Å². The van der Waals surface area contributed by atoms with Crippen LogP contribution in [-0.4, -0.2) is 24.4 Å². The van der Waals surface area contributed by atoms with Crippen molar-refractivity contribution >= 4 is 17.3 Å². The molecule has 1 aromatic heterocycles. The van der Waals surface area contributed by atoms with Crippen molar-refractivity contribution in [3.63, 3.8) is 0 Å². The van der Waals surface area contributed by atoms with Gasteiger partial charge in [-0.3, -0.25) is 0 Å². The first-order valence-electron chi connectivity index (χ1n) is 7.65. The standard InChI is InChI=1S/C18H18ClN3O3/c1-11-8-15(16(24-3)9-14(11)19)20-10-17-21-22-18(25-17)12-4-6-13(23-2)7-5-12/h4-9,20H,10H2,1-3H3. The molecule has 2 aromatic carbocycles. The third-order valence-electron chi connectivity index (χ3n) is 3.71. The molecule has 25 heavy (non-hydrogen) atoms. The van der Waals surface area contributed by atoms with E-state index in [9.17, 15) is 0 Å². The Kier molecular flexibility index (Phi) is 5.09. The quantitative estimate of drug-likeness (QED) is 0.706. The summed E-state index contributed by atoms with van der Waals surface area (Å²) in [4.78, 5) is 0. The molecule has 0 aliphatic heterocycles. The Balaban J connectivity index is 1.72. The smallest absolute Gasteiger partial charge is 0.247 e. The number of rotatable bonds is 6. The van der Waals surface area contributed by atoms with Crippen LogP contribution in [0.1, 0.15) is 11.5 Å². The predicted octanol–water partition coefficient (Wildman–Crippen LogP) is 4.33. The highest BCUT2D eigenvalue weighted by Crippen LogP contribution is 2.31.